The lowest BCUT2D eigenvalue weighted by Gasteiger charge is -2.20. The van der Waals surface area contributed by atoms with Crippen LogP contribution < -0.4 is 9.64 Å². The molecule has 0 aliphatic carbocycles. The van der Waals surface area contributed by atoms with E-state index in [0.29, 0.717) is 0 Å². The third kappa shape index (κ3) is 4.04. The molecule has 0 saturated carbocycles. The quantitative estimate of drug-likeness (QED) is 0.560. The van der Waals surface area contributed by atoms with Crippen molar-refractivity contribution < 1.29 is 17.9 Å². The summed E-state index contributed by atoms with van der Waals surface area (Å²) in [4.78, 5) is 7.01. The number of alkyl halides is 3. The Kier molecular flexibility index (Phi) is 5.25. The average molecular weight is 411 g/mol. The standard InChI is InChI=1S/C23H20F3N3O/c1-15-10-21(29-8-2-3-9-29)19-6-4-16(11-20(19)28-15)14-30-22-7-5-18(23(24,25)26)12-17(22)13-27/h4-7,10-12H,2-3,8-9,14H2,1H3. The van der Waals surface area contributed by atoms with Crippen molar-refractivity contribution in [3.8, 4) is 11.8 Å². The molecule has 7 heteroatoms. The Morgan fingerprint density at radius 3 is 2.57 bits per heavy atom. The zero-order valence-electron chi connectivity index (χ0n) is 16.5. The molecule has 2 heterocycles. The van der Waals surface area contributed by atoms with Gasteiger partial charge in [-0.25, -0.2) is 0 Å². The van der Waals surface area contributed by atoms with E-state index in [2.05, 4.69) is 16.0 Å². The number of nitriles is 1. The average Bonchev–Trinajstić information content (AvgIpc) is 3.25. The highest BCUT2D eigenvalue weighted by atomic mass is 19.4. The number of hydrogen-bond donors (Lipinski definition) is 0. The Morgan fingerprint density at radius 2 is 1.87 bits per heavy atom. The molecule has 0 spiro atoms. The molecule has 0 amide bonds. The van der Waals surface area contributed by atoms with Gasteiger partial charge in [-0.2, -0.15) is 18.4 Å². The van der Waals surface area contributed by atoms with Gasteiger partial charge in [0.05, 0.1) is 16.6 Å². The van der Waals surface area contributed by atoms with Crippen LogP contribution in [0.1, 0.15) is 35.2 Å². The van der Waals surface area contributed by atoms with E-state index in [1.54, 1.807) is 6.07 Å². The molecule has 4 nitrogen and oxygen atoms in total. The molecule has 1 aliphatic heterocycles. The van der Waals surface area contributed by atoms with E-state index >= 15 is 0 Å². The number of pyridine rings is 1. The molecule has 1 aliphatic rings. The van der Waals surface area contributed by atoms with Crippen molar-refractivity contribution in [2.75, 3.05) is 18.0 Å². The summed E-state index contributed by atoms with van der Waals surface area (Å²) < 4.78 is 44.2. The minimum absolute atomic E-state index is 0.126. The summed E-state index contributed by atoms with van der Waals surface area (Å²) in [7, 11) is 0. The second-order valence-corrected chi connectivity index (χ2v) is 7.44. The lowest BCUT2D eigenvalue weighted by atomic mass is 10.1. The maximum Gasteiger partial charge on any atom is 0.416 e. The fourth-order valence-electron chi connectivity index (χ4n) is 3.77. The predicted molar refractivity (Wildman–Crippen MR) is 108 cm³/mol. The summed E-state index contributed by atoms with van der Waals surface area (Å²) in [6.45, 7) is 4.16. The van der Waals surface area contributed by atoms with Crippen LogP contribution in [-0.2, 0) is 12.8 Å². The molecule has 0 bridgehead atoms. The van der Waals surface area contributed by atoms with Gasteiger partial charge in [-0.05, 0) is 55.7 Å². The highest BCUT2D eigenvalue weighted by Crippen LogP contribution is 2.33. The second-order valence-electron chi connectivity index (χ2n) is 7.44. The van der Waals surface area contributed by atoms with Gasteiger partial charge in [0, 0.05) is 29.9 Å². The molecule has 4 rings (SSSR count). The van der Waals surface area contributed by atoms with Crippen LogP contribution in [0.5, 0.6) is 5.75 Å². The Bertz CT molecular complexity index is 1130. The third-order valence-corrected chi connectivity index (χ3v) is 5.25. The van der Waals surface area contributed by atoms with Gasteiger partial charge >= 0.3 is 6.18 Å². The normalized spacial score (nSPS) is 14.2. The van der Waals surface area contributed by atoms with Crippen LogP contribution in [0.4, 0.5) is 18.9 Å². The van der Waals surface area contributed by atoms with E-state index in [4.69, 9.17) is 4.74 Å². The number of aromatic nitrogens is 1. The molecular weight excluding hydrogens is 391 g/mol. The monoisotopic (exact) mass is 411 g/mol. The van der Waals surface area contributed by atoms with Gasteiger partial charge in [0.25, 0.3) is 0 Å². The SMILES string of the molecule is Cc1cc(N2CCCC2)c2ccc(COc3ccc(C(F)(F)F)cc3C#N)cc2n1. The van der Waals surface area contributed by atoms with Crippen molar-refractivity contribution in [2.24, 2.45) is 0 Å². The molecule has 0 atom stereocenters. The van der Waals surface area contributed by atoms with Gasteiger partial charge in [-0.3, -0.25) is 4.98 Å². The smallest absolute Gasteiger partial charge is 0.416 e. The molecule has 3 aromatic rings. The lowest BCUT2D eigenvalue weighted by Crippen LogP contribution is -2.18. The van der Waals surface area contributed by atoms with Crippen LogP contribution in [0, 0.1) is 18.3 Å². The van der Waals surface area contributed by atoms with E-state index < -0.39 is 11.7 Å². The van der Waals surface area contributed by atoms with Crippen LogP contribution in [0.15, 0.2) is 42.5 Å². The number of benzene rings is 2. The lowest BCUT2D eigenvalue weighted by molar-refractivity contribution is -0.137. The van der Waals surface area contributed by atoms with Gasteiger partial charge in [0.15, 0.2) is 0 Å². The molecule has 0 radical (unpaired) electrons. The molecule has 1 aromatic heterocycles. The molecule has 0 unspecified atom stereocenters. The first kappa shape index (κ1) is 20.0. The van der Waals surface area contributed by atoms with Crippen molar-refractivity contribution in [1.82, 2.24) is 4.98 Å². The number of hydrogen-bond acceptors (Lipinski definition) is 4. The summed E-state index contributed by atoms with van der Waals surface area (Å²) in [5, 5.41) is 10.3. The fourth-order valence-corrected chi connectivity index (χ4v) is 3.77. The first-order chi connectivity index (χ1) is 14.3. The fraction of sp³-hybridized carbons (Fsp3) is 0.304. The van der Waals surface area contributed by atoms with E-state index in [-0.39, 0.29) is 17.9 Å². The predicted octanol–water partition coefficient (Wildman–Crippen LogP) is 5.61. The number of anilines is 1. The van der Waals surface area contributed by atoms with Crippen LogP contribution in [0.25, 0.3) is 10.9 Å². The first-order valence-electron chi connectivity index (χ1n) is 9.74. The summed E-state index contributed by atoms with van der Waals surface area (Å²) in [6, 6.07) is 12.7. The van der Waals surface area contributed by atoms with Crippen molar-refractivity contribution >= 4 is 16.6 Å². The Morgan fingerprint density at radius 1 is 1.10 bits per heavy atom. The Balaban J connectivity index is 1.59. The maximum absolute atomic E-state index is 12.9. The largest absolute Gasteiger partial charge is 0.488 e. The van der Waals surface area contributed by atoms with Crippen LogP contribution in [0.2, 0.25) is 0 Å². The zero-order chi connectivity index (χ0) is 21.3. The number of ether oxygens (including phenoxy) is 1. The van der Waals surface area contributed by atoms with Gasteiger partial charge in [-0.15, -0.1) is 0 Å². The Hall–Kier alpha value is -3.27. The van der Waals surface area contributed by atoms with Gasteiger partial charge in [0.1, 0.15) is 18.4 Å². The van der Waals surface area contributed by atoms with Crippen molar-refractivity contribution in [1.29, 1.82) is 5.26 Å². The third-order valence-electron chi connectivity index (χ3n) is 5.25. The van der Waals surface area contributed by atoms with Crippen molar-refractivity contribution in [2.45, 2.75) is 32.5 Å². The zero-order valence-corrected chi connectivity index (χ0v) is 16.5. The van der Waals surface area contributed by atoms with Crippen LogP contribution in [0.3, 0.4) is 0 Å². The minimum Gasteiger partial charge on any atom is -0.488 e. The molecule has 154 valence electrons. The number of halogens is 3. The number of fused-ring (bicyclic) bond motifs is 1. The van der Waals surface area contributed by atoms with Gasteiger partial charge in [-0.1, -0.05) is 12.1 Å². The Labute approximate surface area is 172 Å². The topological polar surface area (TPSA) is 49.1 Å². The number of nitrogens with zero attached hydrogens (tertiary/aromatic N) is 3. The van der Waals surface area contributed by atoms with Gasteiger partial charge in [0.2, 0.25) is 0 Å². The molecule has 1 fully saturated rings. The first-order valence-corrected chi connectivity index (χ1v) is 9.74. The van der Waals surface area contributed by atoms with E-state index in [9.17, 15) is 18.4 Å². The van der Waals surface area contributed by atoms with E-state index in [0.717, 1.165) is 47.4 Å². The summed E-state index contributed by atoms with van der Waals surface area (Å²) >= 11 is 0. The number of rotatable bonds is 4. The molecule has 1 saturated heterocycles. The minimum atomic E-state index is -4.50. The second kappa shape index (κ2) is 7.86. The van der Waals surface area contributed by atoms with Crippen molar-refractivity contribution in [3.05, 3.63) is 64.8 Å². The van der Waals surface area contributed by atoms with E-state index in [1.165, 1.54) is 24.6 Å². The van der Waals surface area contributed by atoms with Crippen LogP contribution in [-0.4, -0.2) is 18.1 Å². The summed E-state index contributed by atoms with van der Waals surface area (Å²) in [5.41, 5.74) is 2.78. The van der Waals surface area contributed by atoms with Crippen LogP contribution >= 0.6 is 0 Å². The van der Waals surface area contributed by atoms with Crippen molar-refractivity contribution in [3.63, 3.8) is 0 Å². The maximum atomic E-state index is 12.9. The van der Waals surface area contributed by atoms with Gasteiger partial charge < -0.3 is 9.64 Å². The highest BCUT2D eigenvalue weighted by molar-refractivity contribution is 5.92. The molecule has 30 heavy (non-hydrogen) atoms. The summed E-state index contributed by atoms with van der Waals surface area (Å²) in [6.07, 6.45) is -2.13. The summed E-state index contributed by atoms with van der Waals surface area (Å²) in [5.74, 6) is 0.126. The molecule has 0 N–H and O–H groups in total. The molecular formula is C23H20F3N3O. The van der Waals surface area contributed by atoms with E-state index in [1.807, 2.05) is 25.1 Å². The highest BCUT2D eigenvalue weighted by Gasteiger charge is 2.31. The molecule has 2 aromatic carbocycles. The number of aryl methyl sites for hydroxylation is 1.